The highest BCUT2D eigenvalue weighted by molar-refractivity contribution is 5.25. The van der Waals surface area contributed by atoms with Crippen molar-refractivity contribution < 1.29 is 4.42 Å². The van der Waals surface area contributed by atoms with Crippen molar-refractivity contribution in [1.82, 2.24) is 5.32 Å². The van der Waals surface area contributed by atoms with Crippen LogP contribution in [0.5, 0.6) is 0 Å². The third-order valence-corrected chi connectivity index (χ3v) is 3.42. The van der Waals surface area contributed by atoms with Crippen molar-refractivity contribution in [2.45, 2.75) is 32.1 Å². The van der Waals surface area contributed by atoms with Gasteiger partial charge >= 0.3 is 0 Å². The first-order valence-corrected chi connectivity index (χ1v) is 5.50. The van der Waals surface area contributed by atoms with Gasteiger partial charge in [-0.2, -0.15) is 0 Å². The van der Waals surface area contributed by atoms with E-state index in [0.717, 1.165) is 18.4 Å². The zero-order valence-corrected chi connectivity index (χ0v) is 9.05. The molecule has 1 N–H and O–H groups in total. The molecule has 2 heteroatoms. The zero-order valence-electron chi connectivity index (χ0n) is 9.05. The van der Waals surface area contributed by atoms with E-state index in [1.807, 2.05) is 19.6 Å². The number of hydrogen-bond donors (Lipinski definition) is 1. The molecule has 2 rings (SSSR count). The van der Waals surface area contributed by atoms with Crippen LogP contribution in [-0.4, -0.2) is 13.6 Å². The number of aryl methyl sites for hydroxylation is 1. The molecule has 1 aromatic rings. The van der Waals surface area contributed by atoms with E-state index in [1.165, 1.54) is 30.4 Å². The quantitative estimate of drug-likeness (QED) is 0.798. The Hall–Kier alpha value is -0.760. The molecule has 1 fully saturated rings. The molecular weight excluding hydrogens is 174 g/mol. The van der Waals surface area contributed by atoms with E-state index in [1.54, 1.807) is 0 Å². The predicted octanol–water partition coefficient (Wildman–Crippen LogP) is 2.69. The fourth-order valence-corrected chi connectivity index (χ4v) is 2.70. The summed E-state index contributed by atoms with van der Waals surface area (Å²) in [7, 11) is 2.04. The third kappa shape index (κ3) is 1.71. The lowest BCUT2D eigenvalue weighted by molar-refractivity contribution is 0.457. The van der Waals surface area contributed by atoms with Crippen LogP contribution in [-0.2, 0) is 0 Å². The molecule has 0 radical (unpaired) electrons. The second kappa shape index (κ2) is 4.18. The molecule has 0 spiro atoms. The Balaban J connectivity index is 2.13. The van der Waals surface area contributed by atoms with E-state index in [0.29, 0.717) is 0 Å². The van der Waals surface area contributed by atoms with Gasteiger partial charge in [0.25, 0.3) is 0 Å². The zero-order chi connectivity index (χ0) is 9.97. The molecule has 1 aliphatic rings. The summed E-state index contributed by atoms with van der Waals surface area (Å²) in [5.41, 5.74) is 2.75. The average Bonchev–Trinajstić information content (AvgIpc) is 2.74. The molecule has 1 heterocycles. The lowest BCUT2D eigenvalue weighted by Gasteiger charge is -2.18. The molecule has 0 aliphatic heterocycles. The lowest BCUT2D eigenvalue weighted by Crippen LogP contribution is -2.21. The maximum atomic E-state index is 5.26. The van der Waals surface area contributed by atoms with Gasteiger partial charge in [0.05, 0.1) is 12.5 Å². The summed E-state index contributed by atoms with van der Waals surface area (Å²) in [6.07, 6.45) is 7.85. The van der Waals surface area contributed by atoms with Crippen LogP contribution in [0.4, 0.5) is 0 Å². The second-order valence-electron chi connectivity index (χ2n) is 4.37. The highest BCUT2D eigenvalue weighted by Crippen LogP contribution is 2.40. The Morgan fingerprint density at radius 1 is 1.43 bits per heavy atom. The average molecular weight is 193 g/mol. The first-order valence-electron chi connectivity index (χ1n) is 5.50. The lowest BCUT2D eigenvalue weighted by atomic mass is 9.88. The fraction of sp³-hybridized carbons (Fsp3) is 0.667. The van der Waals surface area contributed by atoms with Gasteiger partial charge in [0, 0.05) is 0 Å². The third-order valence-electron chi connectivity index (χ3n) is 3.42. The first-order chi connectivity index (χ1) is 6.83. The number of rotatable bonds is 3. The van der Waals surface area contributed by atoms with E-state index in [4.69, 9.17) is 4.42 Å². The maximum absolute atomic E-state index is 5.26. The topological polar surface area (TPSA) is 25.2 Å². The summed E-state index contributed by atoms with van der Waals surface area (Å²) in [6.45, 7) is 3.28. The number of nitrogens with one attached hydrogen (secondary N) is 1. The SMILES string of the molecule is CNCC1CCCC1c1cocc1C. The van der Waals surface area contributed by atoms with Gasteiger partial charge in [-0.3, -0.25) is 0 Å². The molecule has 0 saturated heterocycles. The van der Waals surface area contributed by atoms with Crippen molar-refractivity contribution in [3.05, 3.63) is 23.7 Å². The van der Waals surface area contributed by atoms with Crippen molar-refractivity contribution in [3.63, 3.8) is 0 Å². The monoisotopic (exact) mass is 193 g/mol. The van der Waals surface area contributed by atoms with Gasteiger partial charge in [-0.05, 0) is 56.3 Å². The second-order valence-corrected chi connectivity index (χ2v) is 4.37. The molecule has 1 aromatic heterocycles. The van der Waals surface area contributed by atoms with Crippen LogP contribution in [0.3, 0.4) is 0 Å². The molecule has 0 amide bonds. The molecule has 0 aromatic carbocycles. The van der Waals surface area contributed by atoms with Crippen LogP contribution < -0.4 is 5.32 Å². The molecule has 14 heavy (non-hydrogen) atoms. The summed E-state index contributed by atoms with van der Waals surface area (Å²) in [5, 5.41) is 3.29. The molecule has 1 saturated carbocycles. The van der Waals surface area contributed by atoms with Crippen molar-refractivity contribution in [2.75, 3.05) is 13.6 Å². The summed E-state index contributed by atoms with van der Waals surface area (Å²) in [5.74, 6) is 1.53. The van der Waals surface area contributed by atoms with Gasteiger partial charge < -0.3 is 9.73 Å². The molecular formula is C12H19NO. The normalized spacial score (nSPS) is 27.0. The Bertz CT molecular complexity index is 292. The standard InChI is InChI=1S/C12H19NO/c1-9-7-14-8-12(9)11-5-3-4-10(11)6-13-2/h7-8,10-11,13H,3-6H2,1-2H3. The van der Waals surface area contributed by atoms with Crippen molar-refractivity contribution in [1.29, 1.82) is 0 Å². The Kier molecular flexibility index (Phi) is 2.92. The minimum Gasteiger partial charge on any atom is -0.472 e. The molecule has 78 valence electrons. The van der Waals surface area contributed by atoms with E-state index in [-0.39, 0.29) is 0 Å². The summed E-state index contributed by atoms with van der Waals surface area (Å²) in [4.78, 5) is 0. The van der Waals surface area contributed by atoms with Crippen LogP contribution in [0.2, 0.25) is 0 Å². The maximum Gasteiger partial charge on any atom is 0.0940 e. The highest BCUT2D eigenvalue weighted by atomic mass is 16.3. The van der Waals surface area contributed by atoms with Gasteiger partial charge in [0.15, 0.2) is 0 Å². The van der Waals surface area contributed by atoms with Crippen LogP contribution in [0.15, 0.2) is 16.9 Å². The smallest absolute Gasteiger partial charge is 0.0940 e. The van der Waals surface area contributed by atoms with Crippen molar-refractivity contribution >= 4 is 0 Å². The van der Waals surface area contributed by atoms with E-state index in [2.05, 4.69) is 12.2 Å². The van der Waals surface area contributed by atoms with Gasteiger partial charge in [-0.1, -0.05) is 6.42 Å². The van der Waals surface area contributed by atoms with Gasteiger partial charge in [-0.15, -0.1) is 0 Å². The number of hydrogen-bond acceptors (Lipinski definition) is 2. The molecule has 1 aliphatic carbocycles. The highest BCUT2D eigenvalue weighted by Gasteiger charge is 2.29. The van der Waals surface area contributed by atoms with Crippen molar-refractivity contribution in [2.24, 2.45) is 5.92 Å². The van der Waals surface area contributed by atoms with Crippen LogP contribution >= 0.6 is 0 Å². The molecule has 2 nitrogen and oxygen atoms in total. The Morgan fingerprint density at radius 2 is 2.29 bits per heavy atom. The molecule has 2 atom stereocenters. The summed E-state index contributed by atoms with van der Waals surface area (Å²) < 4.78 is 5.26. The van der Waals surface area contributed by atoms with E-state index >= 15 is 0 Å². The minimum atomic E-state index is 0.723. The number of furan rings is 1. The van der Waals surface area contributed by atoms with Crippen LogP contribution in [0, 0.1) is 12.8 Å². The summed E-state index contributed by atoms with van der Waals surface area (Å²) >= 11 is 0. The largest absolute Gasteiger partial charge is 0.472 e. The summed E-state index contributed by atoms with van der Waals surface area (Å²) in [6, 6.07) is 0. The van der Waals surface area contributed by atoms with Gasteiger partial charge in [-0.25, -0.2) is 0 Å². The Morgan fingerprint density at radius 3 is 2.93 bits per heavy atom. The van der Waals surface area contributed by atoms with Crippen molar-refractivity contribution in [3.8, 4) is 0 Å². The van der Waals surface area contributed by atoms with Crippen LogP contribution in [0.25, 0.3) is 0 Å². The van der Waals surface area contributed by atoms with E-state index in [9.17, 15) is 0 Å². The molecule has 2 unspecified atom stereocenters. The van der Waals surface area contributed by atoms with E-state index < -0.39 is 0 Å². The minimum absolute atomic E-state index is 0.723. The Labute approximate surface area is 85.7 Å². The molecule has 0 bridgehead atoms. The van der Waals surface area contributed by atoms with Gasteiger partial charge in [0.1, 0.15) is 0 Å². The van der Waals surface area contributed by atoms with Gasteiger partial charge in [0.2, 0.25) is 0 Å². The fourth-order valence-electron chi connectivity index (χ4n) is 2.70. The van der Waals surface area contributed by atoms with Crippen LogP contribution in [0.1, 0.15) is 36.3 Å². The predicted molar refractivity (Wildman–Crippen MR) is 57.5 cm³/mol. The first kappa shape index (κ1) is 9.78.